The Morgan fingerprint density at radius 1 is 1.33 bits per heavy atom. The van der Waals surface area contributed by atoms with E-state index >= 15 is 0 Å². The summed E-state index contributed by atoms with van der Waals surface area (Å²) in [5.41, 5.74) is 5.77. The second-order valence-electron chi connectivity index (χ2n) is 4.96. The molecule has 1 unspecified atom stereocenters. The number of nitrogens with zero attached hydrogens (tertiary/aromatic N) is 1. The molecule has 2 heterocycles. The SMILES string of the molecule is Cc1ncsc1-c1ccc(CC2CCCN2)cc1. The molecule has 3 rings (SSSR count). The Morgan fingerprint density at radius 3 is 2.78 bits per heavy atom. The number of thiazole rings is 1. The fourth-order valence-electron chi connectivity index (χ4n) is 2.59. The maximum Gasteiger partial charge on any atom is 0.0801 e. The molecule has 94 valence electrons. The predicted molar refractivity (Wildman–Crippen MR) is 77.0 cm³/mol. The van der Waals surface area contributed by atoms with E-state index in [0.717, 1.165) is 12.1 Å². The summed E-state index contributed by atoms with van der Waals surface area (Å²) in [6, 6.07) is 9.65. The summed E-state index contributed by atoms with van der Waals surface area (Å²) in [4.78, 5) is 5.60. The van der Waals surface area contributed by atoms with Gasteiger partial charge >= 0.3 is 0 Å². The molecule has 0 aliphatic carbocycles. The van der Waals surface area contributed by atoms with Gasteiger partial charge in [-0.2, -0.15) is 0 Å². The summed E-state index contributed by atoms with van der Waals surface area (Å²) in [6.07, 6.45) is 3.79. The zero-order valence-corrected chi connectivity index (χ0v) is 11.5. The van der Waals surface area contributed by atoms with Crippen molar-refractivity contribution in [2.45, 2.75) is 32.2 Å². The molecule has 0 saturated carbocycles. The fraction of sp³-hybridized carbons (Fsp3) is 0.400. The van der Waals surface area contributed by atoms with Crippen molar-refractivity contribution in [1.29, 1.82) is 0 Å². The highest BCUT2D eigenvalue weighted by molar-refractivity contribution is 7.13. The second kappa shape index (κ2) is 5.21. The van der Waals surface area contributed by atoms with Crippen molar-refractivity contribution < 1.29 is 0 Å². The van der Waals surface area contributed by atoms with Gasteiger partial charge in [-0.25, -0.2) is 4.98 Å². The number of hydrogen-bond donors (Lipinski definition) is 1. The highest BCUT2D eigenvalue weighted by Crippen LogP contribution is 2.27. The molecule has 0 radical (unpaired) electrons. The van der Waals surface area contributed by atoms with Crippen LogP contribution in [0.1, 0.15) is 24.1 Å². The highest BCUT2D eigenvalue weighted by atomic mass is 32.1. The van der Waals surface area contributed by atoms with Crippen molar-refractivity contribution in [1.82, 2.24) is 10.3 Å². The molecule has 1 atom stereocenters. The lowest BCUT2D eigenvalue weighted by Crippen LogP contribution is -2.23. The third-order valence-corrected chi connectivity index (χ3v) is 4.58. The van der Waals surface area contributed by atoms with E-state index in [1.54, 1.807) is 11.3 Å². The first-order valence-corrected chi connectivity index (χ1v) is 7.43. The van der Waals surface area contributed by atoms with Gasteiger partial charge in [0.15, 0.2) is 0 Å². The predicted octanol–water partition coefficient (Wildman–Crippen LogP) is 3.41. The first-order valence-electron chi connectivity index (χ1n) is 6.56. The van der Waals surface area contributed by atoms with Gasteiger partial charge in [0.2, 0.25) is 0 Å². The Labute approximate surface area is 112 Å². The van der Waals surface area contributed by atoms with Crippen LogP contribution in [0.4, 0.5) is 0 Å². The summed E-state index contributed by atoms with van der Waals surface area (Å²) in [5.74, 6) is 0. The second-order valence-corrected chi connectivity index (χ2v) is 5.82. The molecular weight excluding hydrogens is 240 g/mol. The maximum absolute atomic E-state index is 4.31. The fourth-order valence-corrected chi connectivity index (χ4v) is 3.40. The number of aryl methyl sites for hydroxylation is 1. The average Bonchev–Trinajstić information content (AvgIpc) is 3.02. The molecule has 1 N–H and O–H groups in total. The van der Waals surface area contributed by atoms with E-state index in [2.05, 4.69) is 41.5 Å². The molecule has 1 saturated heterocycles. The summed E-state index contributed by atoms with van der Waals surface area (Å²) in [5, 5.41) is 3.55. The number of benzene rings is 1. The van der Waals surface area contributed by atoms with E-state index in [0.29, 0.717) is 6.04 Å². The molecule has 1 aromatic carbocycles. The van der Waals surface area contributed by atoms with Crippen molar-refractivity contribution in [3.63, 3.8) is 0 Å². The zero-order valence-electron chi connectivity index (χ0n) is 10.6. The number of nitrogens with one attached hydrogen (secondary N) is 1. The van der Waals surface area contributed by atoms with Gasteiger partial charge in [0.1, 0.15) is 0 Å². The first kappa shape index (κ1) is 11.9. The molecule has 1 aromatic heterocycles. The maximum atomic E-state index is 4.31. The van der Waals surface area contributed by atoms with Crippen molar-refractivity contribution in [3.8, 4) is 10.4 Å². The van der Waals surface area contributed by atoms with Crippen molar-refractivity contribution in [3.05, 3.63) is 41.0 Å². The molecule has 0 bridgehead atoms. The van der Waals surface area contributed by atoms with Crippen LogP contribution in [0, 0.1) is 6.92 Å². The molecule has 0 amide bonds. The van der Waals surface area contributed by atoms with Crippen LogP contribution in [0.2, 0.25) is 0 Å². The van der Waals surface area contributed by atoms with Crippen LogP contribution in [0.25, 0.3) is 10.4 Å². The van der Waals surface area contributed by atoms with Crippen LogP contribution >= 0.6 is 11.3 Å². The molecule has 0 spiro atoms. The molecular formula is C15H18N2S. The molecule has 3 heteroatoms. The molecule has 2 aromatic rings. The Kier molecular flexibility index (Phi) is 3.43. The zero-order chi connectivity index (χ0) is 12.4. The summed E-state index contributed by atoms with van der Waals surface area (Å²) in [6.45, 7) is 3.25. The van der Waals surface area contributed by atoms with Gasteiger partial charge in [0, 0.05) is 6.04 Å². The number of rotatable bonds is 3. The smallest absolute Gasteiger partial charge is 0.0801 e. The van der Waals surface area contributed by atoms with Crippen LogP contribution < -0.4 is 5.32 Å². The Balaban J connectivity index is 1.74. The van der Waals surface area contributed by atoms with Gasteiger partial charge in [-0.05, 0) is 43.9 Å². The molecule has 2 nitrogen and oxygen atoms in total. The third kappa shape index (κ3) is 2.47. The molecule has 1 aliphatic heterocycles. The molecule has 1 fully saturated rings. The topological polar surface area (TPSA) is 24.9 Å². The van der Waals surface area contributed by atoms with E-state index in [1.165, 1.54) is 35.4 Å². The lowest BCUT2D eigenvalue weighted by atomic mass is 10.0. The van der Waals surface area contributed by atoms with E-state index in [4.69, 9.17) is 0 Å². The van der Waals surface area contributed by atoms with Crippen LogP contribution in [-0.2, 0) is 6.42 Å². The summed E-state index contributed by atoms with van der Waals surface area (Å²) < 4.78 is 0. The monoisotopic (exact) mass is 258 g/mol. The number of aromatic nitrogens is 1. The van der Waals surface area contributed by atoms with Gasteiger partial charge in [-0.3, -0.25) is 0 Å². The molecule has 1 aliphatic rings. The largest absolute Gasteiger partial charge is 0.314 e. The van der Waals surface area contributed by atoms with Crippen LogP contribution in [0.3, 0.4) is 0 Å². The van der Waals surface area contributed by atoms with Crippen LogP contribution in [-0.4, -0.2) is 17.6 Å². The Hall–Kier alpha value is -1.19. The highest BCUT2D eigenvalue weighted by Gasteiger charge is 2.14. The van der Waals surface area contributed by atoms with Crippen LogP contribution in [0.15, 0.2) is 29.8 Å². The van der Waals surface area contributed by atoms with E-state index in [9.17, 15) is 0 Å². The van der Waals surface area contributed by atoms with Crippen LogP contribution in [0.5, 0.6) is 0 Å². The third-order valence-electron chi connectivity index (χ3n) is 3.61. The lowest BCUT2D eigenvalue weighted by molar-refractivity contribution is 0.603. The summed E-state index contributed by atoms with van der Waals surface area (Å²) >= 11 is 1.72. The van der Waals surface area contributed by atoms with E-state index in [1.807, 2.05) is 5.51 Å². The van der Waals surface area contributed by atoms with E-state index < -0.39 is 0 Å². The first-order chi connectivity index (χ1) is 8.83. The van der Waals surface area contributed by atoms with Crippen molar-refractivity contribution in [2.24, 2.45) is 0 Å². The van der Waals surface area contributed by atoms with Gasteiger partial charge < -0.3 is 5.32 Å². The Bertz CT molecular complexity index is 510. The number of hydrogen-bond acceptors (Lipinski definition) is 3. The van der Waals surface area contributed by atoms with Gasteiger partial charge in [-0.1, -0.05) is 24.3 Å². The average molecular weight is 258 g/mol. The lowest BCUT2D eigenvalue weighted by Gasteiger charge is -2.10. The van der Waals surface area contributed by atoms with Gasteiger partial charge in [-0.15, -0.1) is 11.3 Å². The normalized spacial score (nSPS) is 19.3. The molecule has 18 heavy (non-hydrogen) atoms. The minimum absolute atomic E-state index is 0.681. The minimum atomic E-state index is 0.681. The summed E-state index contributed by atoms with van der Waals surface area (Å²) in [7, 11) is 0. The van der Waals surface area contributed by atoms with Crippen molar-refractivity contribution in [2.75, 3.05) is 6.54 Å². The standard InChI is InChI=1S/C15H18N2S/c1-11-15(18-10-17-11)13-6-4-12(5-7-13)9-14-3-2-8-16-14/h4-7,10,14,16H,2-3,8-9H2,1H3. The quantitative estimate of drug-likeness (QED) is 0.912. The van der Waals surface area contributed by atoms with E-state index in [-0.39, 0.29) is 0 Å². The van der Waals surface area contributed by atoms with Gasteiger partial charge in [0.25, 0.3) is 0 Å². The minimum Gasteiger partial charge on any atom is -0.314 e. The Morgan fingerprint density at radius 2 is 2.17 bits per heavy atom. The van der Waals surface area contributed by atoms with Gasteiger partial charge in [0.05, 0.1) is 16.1 Å². The van der Waals surface area contributed by atoms with Crippen molar-refractivity contribution >= 4 is 11.3 Å².